The molecule has 0 aliphatic carbocycles. The third-order valence-electron chi connectivity index (χ3n) is 0.982. The summed E-state index contributed by atoms with van der Waals surface area (Å²) >= 11 is 0. The Morgan fingerprint density at radius 2 is 2.33 bits per heavy atom. The predicted molar refractivity (Wildman–Crippen MR) is 33.0 cm³/mol. The van der Waals surface area contributed by atoms with Crippen LogP contribution in [0.4, 0.5) is 4.39 Å². The second-order valence-electron chi connectivity index (χ2n) is 1.58. The van der Waals surface area contributed by atoms with Crippen LogP contribution in [0.1, 0.15) is 1.37 Å². The van der Waals surface area contributed by atoms with Gasteiger partial charge in [0, 0.05) is 0 Å². The lowest BCUT2D eigenvalue weighted by Crippen LogP contribution is -1.80. The third kappa shape index (κ3) is 1.42. The predicted octanol–water partition coefficient (Wildman–Crippen LogP) is 1.83. The van der Waals surface area contributed by atoms with Crippen molar-refractivity contribution < 1.29 is 10.5 Å². The van der Waals surface area contributed by atoms with E-state index in [0.717, 1.165) is 0 Å². The molecule has 0 heterocycles. The smallest absolute Gasteiger partial charge is 0.123 e. The van der Waals surface area contributed by atoms with E-state index in [2.05, 4.69) is 0 Å². The highest BCUT2D eigenvalue weighted by atomic mass is 19.1. The van der Waals surface area contributed by atoms with Gasteiger partial charge in [0.15, 0.2) is 0 Å². The molecular weight excluding hydrogens is 119 g/mol. The van der Waals surface area contributed by atoms with Crippen LogP contribution in [0.5, 0.6) is 5.75 Å². The van der Waals surface area contributed by atoms with Gasteiger partial charge in [0.25, 0.3) is 0 Å². The van der Waals surface area contributed by atoms with Crippen LogP contribution >= 0.6 is 0 Å². The minimum absolute atomic E-state index is 0.139. The van der Waals surface area contributed by atoms with Crippen molar-refractivity contribution in [2.75, 3.05) is 7.11 Å². The minimum atomic E-state index is -0.527. The summed E-state index contributed by atoms with van der Waals surface area (Å²) in [5.41, 5.74) is 0. The molecule has 0 amide bonds. The van der Waals surface area contributed by atoms with Gasteiger partial charge >= 0.3 is 0 Å². The summed E-state index contributed by atoms with van der Waals surface area (Å²) in [5.74, 6) is -0.0211. The molecule has 0 saturated heterocycles. The molecule has 1 nitrogen and oxygen atoms in total. The van der Waals surface area contributed by atoms with Gasteiger partial charge in [0.05, 0.1) is 8.48 Å². The van der Waals surface area contributed by atoms with Crippen LogP contribution < -0.4 is 4.74 Å². The van der Waals surface area contributed by atoms with Crippen LogP contribution in [-0.4, -0.2) is 7.11 Å². The largest absolute Gasteiger partial charge is 0.497 e. The van der Waals surface area contributed by atoms with Crippen molar-refractivity contribution in [1.82, 2.24) is 0 Å². The van der Waals surface area contributed by atoms with Gasteiger partial charge in [0.2, 0.25) is 0 Å². The normalized spacial score (nSPS) is 10.7. The van der Waals surface area contributed by atoms with Gasteiger partial charge in [-0.1, -0.05) is 0 Å². The van der Waals surface area contributed by atoms with E-state index in [1.54, 1.807) is 0 Å². The zero-order valence-corrected chi connectivity index (χ0v) is 5.02. The molecule has 0 radical (unpaired) electrons. The van der Waals surface area contributed by atoms with E-state index in [4.69, 9.17) is 6.11 Å². The summed E-state index contributed by atoms with van der Waals surface area (Å²) in [6.45, 7) is 0. The average molecular weight is 128 g/mol. The molecule has 2 heteroatoms. The molecule has 0 unspecified atom stereocenters. The number of benzene rings is 1. The van der Waals surface area contributed by atoms with Gasteiger partial charge in [-0.25, -0.2) is 4.39 Å². The maximum atomic E-state index is 12.4. The summed E-state index contributed by atoms with van der Waals surface area (Å²) in [5, 5.41) is 0. The Morgan fingerprint density at radius 1 is 1.56 bits per heavy atom. The van der Waals surface area contributed by atoms with E-state index in [9.17, 15) is 4.39 Å². The van der Waals surface area contributed by atoms with Crippen LogP contribution in [0.3, 0.4) is 0 Å². The Bertz CT molecular complexity index is 237. The first kappa shape index (κ1) is 4.79. The molecule has 0 atom stereocenters. The molecular formula is C7H7FO. The molecule has 0 spiro atoms. The Balaban J connectivity index is 3.04. The first-order chi connectivity index (χ1) is 4.74. The number of methoxy groups -OCH3 is 1. The zero-order chi connectivity index (χ0) is 7.56. The zero-order valence-electron chi connectivity index (χ0n) is 6.02. The number of ether oxygens (including phenoxy) is 1. The summed E-state index contributed by atoms with van der Waals surface area (Å²) in [4.78, 5) is 0. The maximum absolute atomic E-state index is 12.4. The van der Waals surface area contributed by atoms with Crippen molar-refractivity contribution in [3.8, 4) is 5.75 Å². The molecule has 0 aromatic heterocycles. The van der Waals surface area contributed by atoms with Gasteiger partial charge in [-0.3, -0.25) is 0 Å². The van der Waals surface area contributed by atoms with E-state index in [0.29, 0.717) is 5.75 Å². The van der Waals surface area contributed by atoms with Gasteiger partial charge in [-0.05, 0) is 24.2 Å². The second-order valence-corrected chi connectivity index (χ2v) is 1.58. The van der Waals surface area contributed by atoms with Gasteiger partial charge in [0.1, 0.15) is 11.6 Å². The molecule has 0 fully saturated rings. The van der Waals surface area contributed by atoms with Crippen molar-refractivity contribution in [2.24, 2.45) is 0 Å². The van der Waals surface area contributed by atoms with Crippen molar-refractivity contribution in [2.45, 2.75) is 0 Å². The van der Waals surface area contributed by atoms with Crippen molar-refractivity contribution in [3.63, 3.8) is 0 Å². The van der Waals surface area contributed by atoms with Gasteiger partial charge in [-0.15, -0.1) is 0 Å². The average Bonchev–Trinajstić information content (AvgIpc) is 1.95. The summed E-state index contributed by atoms with van der Waals surface area (Å²) in [6.07, 6.45) is 0. The molecule has 1 aromatic carbocycles. The second kappa shape index (κ2) is 2.49. The fourth-order valence-corrected chi connectivity index (χ4v) is 0.519. The molecule has 1 rings (SSSR count). The standard InChI is InChI=1S/C7H7FO/c1-9-7-4-2-6(8)3-5-7/h2-5H,1H3/i2T. The molecule has 1 aromatic rings. The Kier molecular flexibility index (Phi) is 1.32. The molecule has 9 heavy (non-hydrogen) atoms. The monoisotopic (exact) mass is 128 g/mol. The lowest BCUT2D eigenvalue weighted by atomic mass is 10.3. The van der Waals surface area contributed by atoms with Crippen LogP contribution in [0.15, 0.2) is 24.2 Å². The van der Waals surface area contributed by atoms with Gasteiger partial charge < -0.3 is 4.74 Å². The topological polar surface area (TPSA) is 9.23 Å². The maximum Gasteiger partial charge on any atom is 0.123 e. The lowest BCUT2D eigenvalue weighted by molar-refractivity contribution is 0.413. The molecule has 0 aliphatic heterocycles. The van der Waals surface area contributed by atoms with Crippen LogP contribution in [0, 0.1) is 5.82 Å². The van der Waals surface area contributed by atoms with Crippen LogP contribution in [-0.2, 0) is 0 Å². The third-order valence-corrected chi connectivity index (χ3v) is 0.982. The highest BCUT2D eigenvalue weighted by Gasteiger charge is 1.88. The van der Waals surface area contributed by atoms with E-state index >= 15 is 0 Å². The highest BCUT2D eigenvalue weighted by Crippen LogP contribution is 2.08. The van der Waals surface area contributed by atoms with Crippen molar-refractivity contribution >= 4 is 0 Å². The van der Waals surface area contributed by atoms with E-state index < -0.39 is 5.82 Å². The molecule has 48 valence electrons. The summed E-state index contributed by atoms with van der Waals surface area (Å²) in [7, 11) is 1.48. The summed E-state index contributed by atoms with van der Waals surface area (Å²) in [6, 6.07) is 3.88. The minimum Gasteiger partial charge on any atom is -0.497 e. The van der Waals surface area contributed by atoms with Crippen LogP contribution in [0.25, 0.3) is 0 Å². The van der Waals surface area contributed by atoms with Gasteiger partial charge in [-0.2, -0.15) is 0 Å². The molecule has 0 saturated carbocycles. The first-order valence-electron chi connectivity index (χ1n) is 3.04. The molecule has 0 aliphatic rings. The fraction of sp³-hybridized carbons (Fsp3) is 0.143. The van der Waals surface area contributed by atoms with Crippen molar-refractivity contribution in [1.29, 1.82) is 0 Å². The highest BCUT2D eigenvalue weighted by molar-refractivity contribution is 5.21. The number of rotatable bonds is 1. The van der Waals surface area contributed by atoms with Crippen molar-refractivity contribution in [3.05, 3.63) is 30.1 Å². The number of hydrogen-bond acceptors (Lipinski definition) is 1. The fourth-order valence-electron chi connectivity index (χ4n) is 0.519. The quantitative estimate of drug-likeness (QED) is 0.560. The van der Waals surface area contributed by atoms with E-state index in [-0.39, 0.29) is 6.04 Å². The lowest BCUT2D eigenvalue weighted by Gasteiger charge is -1.95. The summed E-state index contributed by atoms with van der Waals surface area (Å²) < 4.78 is 24.2. The Labute approximate surface area is 54.5 Å². The van der Waals surface area contributed by atoms with E-state index in [1.165, 1.54) is 25.3 Å². The Morgan fingerprint density at radius 3 is 2.89 bits per heavy atom. The Hall–Kier alpha value is -1.05. The number of halogens is 1. The molecule has 0 bridgehead atoms. The van der Waals surface area contributed by atoms with Crippen LogP contribution in [0.2, 0.25) is 0 Å². The first-order valence-corrected chi connectivity index (χ1v) is 2.54. The van der Waals surface area contributed by atoms with E-state index in [1.807, 2.05) is 0 Å². The number of hydrogen-bond donors (Lipinski definition) is 0. The SMILES string of the molecule is [3H]c1cc(OC)ccc1F. The molecule has 0 N–H and O–H groups in total.